The maximum atomic E-state index is 11.5. The van der Waals surface area contributed by atoms with Crippen molar-refractivity contribution in [1.29, 1.82) is 0 Å². The first-order valence-electron chi connectivity index (χ1n) is 11.2. The summed E-state index contributed by atoms with van der Waals surface area (Å²) in [6.07, 6.45) is -4.37. The molecule has 1 aliphatic rings. The number of halogens is 1. The van der Waals surface area contributed by atoms with E-state index in [1.807, 2.05) is 24.3 Å². The van der Waals surface area contributed by atoms with Gasteiger partial charge in [0.1, 0.15) is 24.4 Å². The second kappa shape index (κ2) is 10.5. The Morgan fingerprint density at radius 3 is 2.33 bits per heavy atom. The molecule has 2 aromatic carbocycles. The van der Waals surface area contributed by atoms with Gasteiger partial charge in [0.05, 0.1) is 6.61 Å². The van der Waals surface area contributed by atoms with Gasteiger partial charge < -0.3 is 34.8 Å². The number of aromatic nitrogens is 1. The highest BCUT2D eigenvalue weighted by Gasteiger charge is 2.53. The van der Waals surface area contributed by atoms with Crippen LogP contribution in [-0.2, 0) is 24.0 Å². The van der Waals surface area contributed by atoms with Crippen LogP contribution in [-0.4, -0.2) is 61.1 Å². The molecular formula is C27H26ClNO7. The van der Waals surface area contributed by atoms with Crippen molar-refractivity contribution in [2.24, 2.45) is 7.05 Å². The number of benzene rings is 2. The summed E-state index contributed by atoms with van der Waals surface area (Å²) in [7, 11) is 1.67. The molecular weight excluding hydrogens is 486 g/mol. The number of ether oxygens (including phenoxy) is 1. The maximum Gasteiger partial charge on any atom is 0.250 e. The highest BCUT2D eigenvalue weighted by Crippen LogP contribution is 2.37. The zero-order valence-corrected chi connectivity index (χ0v) is 20.1. The lowest BCUT2D eigenvalue weighted by Gasteiger charge is -2.45. The van der Waals surface area contributed by atoms with Gasteiger partial charge in [-0.2, -0.15) is 0 Å². The third-order valence-corrected chi connectivity index (χ3v) is 6.58. The molecule has 36 heavy (non-hydrogen) atoms. The third kappa shape index (κ3) is 5.24. The first-order valence-corrected chi connectivity index (χ1v) is 11.6. The Labute approximate surface area is 212 Å². The molecule has 3 aromatic rings. The minimum atomic E-state index is -2.36. The van der Waals surface area contributed by atoms with E-state index in [4.69, 9.17) is 16.3 Å². The van der Waals surface area contributed by atoms with Crippen LogP contribution in [0.4, 0.5) is 0 Å². The van der Waals surface area contributed by atoms with Crippen LogP contribution in [0.15, 0.2) is 65.6 Å². The van der Waals surface area contributed by atoms with Gasteiger partial charge in [0.25, 0.3) is 0 Å². The molecule has 0 bridgehead atoms. The number of rotatable bonds is 4. The SMILES string of the molecule is Cn1cc(C#Cc2ccc(Cc3cc([C@]4(O)O[C@H](CO)[C@@H](O)[C@H](O)[C@H]4O)ccc3Cl)cc2)ccc1=O. The van der Waals surface area contributed by atoms with Crippen molar-refractivity contribution < 1.29 is 30.3 Å². The van der Waals surface area contributed by atoms with Gasteiger partial charge in [-0.3, -0.25) is 4.79 Å². The van der Waals surface area contributed by atoms with E-state index in [1.165, 1.54) is 16.7 Å². The van der Waals surface area contributed by atoms with Crippen molar-refractivity contribution in [3.05, 3.63) is 104 Å². The lowest BCUT2D eigenvalue weighted by Crippen LogP contribution is -2.63. The van der Waals surface area contributed by atoms with Crippen LogP contribution >= 0.6 is 11.6 Å². The molecule has 1 aliphatic heterocycles. The van der Waals surface area contributed by atoms with E-state index >= 15 is 0 Å². The molecule has 0 amide bonds. The second-order valence-electron chi connectivity index (χ2n) is 8.76. The van der Waals surface area contributed by atoms with Crippen molar-refractivity contribution >= 4 is 11.6 Å². The van der Waals surface area contributed by atoms with Crippen LogP contribution in [0.3, 0.4) is 0 Å². The summed E-state index contributed by atoms with van der Waals surface area (Å²) < 4.78 is 6.87. The lowest BCUT2D eigenvalue weighted by atomic mass is 9.87. The van der Waals surface area contributed by atoms with Crippen LogP contribution in [0, 0.1) is 11.8 Å². The number of pyridine rings is 1. The number of nitrogens with zero attached hydrogens (tertiary/aromatic N) is 1. The number of aryl methyl sites for hydroxylation is 1. The number of aliphatic hydroxyl groups is 5. The molecule has 5 N–H and O–H groups in total. The Kier molecular flexibility index (Phi) is 7.64. The van der Waals surface area contributed by atoms with Crippen LogP contribution in [0.5, 0.6) is 0 Å². The number of hydrogen-bond donors (Lipinski definition) is 5. The van der Waals surface area contributed by atoms with Gasteiger partial charge in [0.15, 0.2) is 0 Å². The van der Waals surface area contributed by atoms with Crippen molar-refractivity contribution in [2.45, 2.75) is 36.6 Å². The van der Waals surface area contributed by atoms with E-state index in [0.717, 1.165) is 16.7 Å². The predicted octanol–water partition coefficient (Wildman–Crippen LogP) is 0.648. The van der Waals surface area contributed by atoms with Gasteiger partial charge in [-0.25, -0.2) is 0 Å². The Morgan fingerprint density at radius 1 is 1.00 bits per heavy atom. The Bertz CT molecular complexity index is 1360. The summed E-state index contributed by atoms with van der Waals surface area (Å²) in [5.41, 5.74) is 3.05. The van der Waals surface area contributed by atoms with Crippen molar-refractivity contribution in [3.8, 4) is 11.8 Å². The fourth-order valence-corrected chi connectivity index (χ4v) is 4.25. The molecule has 5 atom stereocenters. The second-order valence-corrected chi connectivity index (χ2v) is 9.17. The van der Waals surface area contributed by atoms with Gasteiger partial charge >= 0.3 is 0 Å². The Morgan fingerprint density at radius 2 is 1.67 bits per heavy atom. The van der Waals surface area contributed by atoms with Crippen LogP contribution in [0.25, 0.3) is 0 Å². The van der Waals surface area contributed by atoms with Gasteiger partial charge in [0.2, 0.25) is 11.3 Å². The molecule has 1 aromatic heterocycles. The van der Waals surface area contributed by atoms with Crippen LogP contribution in [0.2, 0.25) is 5.02 Å². The average Bonchev–Trinajstić information content (AvgIpc) is 2.87. The molecule has 2 heterocycles. The highest BCUT2D eigenvalue weighted by molar-refractivity contribution is 6.31. The lowest BCUT2D eigenvalue weighted by molar-refractivity contribution is -0.357. The molecule has 1 fully saturated rings. The van der Waals surface area contributed by atoms with Crippen molar-refractivity contribution in [1.82, 2.24) is 4.57 Å². The Hall–Kier alpha value is -3.00. The van der Waals surface area contributed by atoms with E-state index in [9.17, 15) is 30.3 Å². The van der Waals surface area contributed by atoms with Crippen molar-refractivity contribution in [3.63, 3.8) is 0 Å². The van der Waals surface area contributed by atoms with Crippen LogP contribution in [0.1, 0.15) is 27.8 Å². The number of aliphatic hydroxyl groups excluding tert-OH is 4. The fourth-order valence-electron chi connectivity index (χ4n) is 4.06. The summed E-state index contributed by atoms with van der Waals surface area (Å²) >= 11 is 6.39. The quantitative estimate of drug-likeness (QED) is 0.325. The van der Waals surface area contributed by atoms with Gasteiger partial charge in [-0.1, -0.05) is 41.6 Å². The minimum absolute atomic E-state index is 0.105. The van der Waals surface area contributed by atoms with Crippen molar-refractivity contribution in [2.75, 3.05) is 6.61 Å². The summed E-state index contributed by atoms with van der Waals surface area (Å²) in [6.45, 7) is -0.661. The molecule has 9 heteroatoms. The molecule has 1 saturated heterocycles. The molecule has 0 aliphatic carbocycles. The zero-order valence-electron chi connectivity index (χ0n) is 19.4. The molecule has 0 unspecified atom stereocenters. The summed E-state index contributed by atoms with van der Waals surface area (Å²) in [5, 5.41) is 51.5. The average molecular weight is 512 g/mol. The third-order valence-electron chi connectivity index (χ3n) is 6.21. The largest absolute Gasteiger partial charge is 0.394 e. The van der Waals surface area contributed by atoms with E-state index < -0.39 is 36.8 Å². The summed E-state index contributed by atoms with van der Waals surface area (Å²) in [6, 6.07) is 15.2. The minimum Gasteiger partial charge on any atom is -0.394 e. The molecule has 8 nitrogen and oxygen atoms in total. The normalized spacial score (nSPS) is 25.8. The standard InChI is InChI=1S/C27H26ClNO7/c1-29-14-18(8-11-23(29)31)7-4-16-2-5-17(6-3-16)12-19-13-20(9-10-21(19)28)27(35)26(34)25(33)24(32)22(15-30)36-27/h2-3,5-6,8-11,13-14,22,24-26,30,32-35H,12,15H2,1H3/t22-,24-,25+,26-,27+/m1/s1. The van der Waals surface area contributed by atoms with E-state index in [1.54, 1.807) is 31.4 Å². The predicted molar refractivity (Wildman–Crippen MR) is 132 cm³/mol. The molecule has 0 saturated carbocycles. The van der Waals surface area contributed by atoms with E-state index in [0.29, 0.717) is 17.0 Å². The monoisotopic (exact) mass is 511 g/mol. The first-order chi connectivity index (χ1) is 17.1. The van der Waals surface area contributed by atoms with Gasteiger partial charge in [0, 0.05) is 41.0 Å². The molecule has 188 valence electrons. The highest BCUT2D eigenvalue weighted by atomic mass is 35.5. The van der Waals surface area contributed by atoms with Gasteiger partial charge in [-0.05, 0) is 47.9 Å². The first kappa shape index (κ1) is 26.1. The molecule has 0 spiro atoms. The Balaban J connectivity index is 1.55. The molecule has 4 rings (SSSR count). The smallest absolute Gasteiger partial charge is 0.250 e. The maximum absolute atomic E-state index is 11.5. The van der Waals surface area contributed by atoms with E-state index in [-0.39, 0.29) is 11.1 Å². The topological polar surface area (TPSA) is 132 Å². The molecule has 0 radical (unpaired) electrons. The number of hydrogen-bond acceptors (Lipinski definition) is 7. The van der Waals surface area contributed by atoms with Crippen LogP contribution < -0.4 is 5.56 Å². The fraction of sp³-hybridized carbons (Fsp3) is 0.296. The van der Waals surface area contributed by atoms with E-state index in [2.05, 4.69) is 11.8 Å². The van der Waals surface area contributed by atoms with Gasteiger partial charge in [-0.15, -0.1) is 0 Å². The summed E-state index contributed by atoms with van der Waals surface area (Å²) in [5.74, 6) is 3.72. The zero-order chi connectivity index (χ0) is 26.0. The summed E-state index contributed by atoms with van der Waals surface area (Å²) in [4.78, 5) is 11.5.